The van der Waals surface area contributed by atoms with E-state index >= 15 is 0 Å². The number of para-hydroxylation sites is 1. The van der Waals surface area contributed by atoms with E-state index < -0.39 is 0 Å². The average molecular weight is 254 g/mol. The number of nitrogens with zero attached hydrogens (tertiary/aromatic N) is 3. The summed E-state index contributed by atoms with van der Waals surface area (Å²) in [6.07, 6.45) is 2.47. The van der Waals surface area contributed by atoms with Gasteiger partial charge in [0.15, 0.2) is 11.5 Å². The SMILES string of the molecule is Nc1ccn2nc(CCOc3ccccc3)nc2c1. The predicted octanol–water partition coefficient (Wildman–Crippen LogP) is 1.93. The smallest absolute Gasteiger partial charge is 0.157 e. The molecule has 0 spiro atoms. The van der Waals surface area contributed by atoms with Gasteiger partial charge in [-0.2, -0.15) is 5.10 Å². The van der Waals surface area contributed by atoms with Crippen LogP contribution in [0.4, 0.5) is 5.69 Å². The van der Waals surface area contributed by atoms with Crippen LogP contribution in [-0.4, -0.2) is 21.2 Å². The lowest BCUT2D eigenvalue weighted by Crippen LogP contribution is -2.02. The van der Waals surface area contributed by atoms with Crippen LogP contribution in [0.2, 0.25) is 0 Å². The van der Waals surface area contributed by atoms with Gasteiger partial charge in [0, 0.05) is 24.4 Å². The molecule has 96 valence electrons. The van der Waals surface area contributed by atoms with Crippen LogP contribution in [-0.2, 0) is 6.42 Å². The van der Waals surface area contributed by atoms with E-state index in [0.717, 1.165) is 17.2 Å². The summed E-state index contributed by atoms with van der Waals surface area (Å²) < 4.78 is 7.33. The van der Waals surface area contributed by atoms with Crippen molar-refractivity contribution in [3.05, 3.63) is 54.5 Å². The molecule has 0 bridgehead atoms. The van der Waals surface area contributed by atoms with Crippen molar-refractivity contribution >= 4 is 11.3 Å². The number of rotatable bonds is 4. The van der Waals surface area contributed by atoms with Crippen molar-refractivity contribution in [3.63, 3.8) is 0 Å². The number of hydrogen-bond donors (Lipinski definition) is 1. The van der Waals surface area contributed by atoms with Gasteiger partial charge in [0.25, 0.3) is 0 Å². The average Bonchev–Trinajstić information content (AvgIpc) is 2.82. The third-order valence-electron chi connectivity index (χ3n) is 2.74. The van der Waals surface area contributed by atoms with Gasteiger partial charge in [-0.05, 0) is 18.2 Å². The number of nitrogens with two attached hydrogens (primary N) is 1. The Bertz CT molecular complexity index is 678. The molecule has 0 radical (unpaired) electrons. The molecule has 0 aliphatic heterocycles. The predicted molar refractivity (Wildman–Crippen MR) is 73.0 cm³/mol. The zero-order valence-corrected chi connectivity index (χ0v) is 10.4. The highest BCUT2D eigenvalue weighted by Gasteiger charge is 2.04. The fourth-order valence-corrected chi connectivity index (χ4v) is 1.83. The van der Waals surface area contributed by atoms with E-state index in [1.165, 1.54) is 0 Å². The van der Waals surface area contributed by atoms with Gasteiger partial charge >= 0.3 is 0 Å². The molecular weight excluding hydrogens is 240 g/mol. The Morgan fingerprint density at radius 2 is 2.00 bits per heavy atom. The van der Waals surface area contributed by atoms with Gasteiger partial charge in [0.1, 0.15) is 5.75 Å². The molecule has 3 aromatic rings. The molecule has 0 fully saturated rings. The molecule has 0 atom stereocenters. The van der Waals surface area contributed by atoms with Gasteiger partial charge in [0.2, 0.25) is 0 Å². The van der Waals surface area contributed by atoms with E-state index in [1.807, 2.05) is 30.3 Å². The molecule has 2 heterocycles. The third-order valence-corrected chi connectivity index (χ3v) is 2.74. The molecule has 0 aliphatic carbocycles. The summed E-state index contributed by atoms with van der Waals surface area (Å²) in [5, 5.41) is 4.36. The van der Waals surface area contributed by atoms with Crippen molar-refractivity contribution in [1.29, 1.82) is 0 Å². The summed E-state index contributed by atoms with van der Waals surface area (Å²) in [6, 6.07) is 13.3. The van der Waals surface area contributed by atoms with Crippen LogP contribution < -0.4 is 10.5 Å². The van der Waals surface area contributed by atoms with Crippen molar-refractivity contribution < 1.29 is 4.74 Å². The van der Waals surface area contributed by atoms with Crippen molar-refractivity contribution in [3.8, 4) is 5.75 Å². The lowest BCUT2D eigenvalue weighted by molar-refractivity contribution is 0.319. The largest absolute Gasteiger partial charge is 0.493 e. The molecule has 5 heteroatoms. The number of hydrogen-bond acceptors (Lipinski definition) is 4. The molecule has 0 amide bonds. The summed E-state index contributed by atoms with van der Waals surface area (Å²) in [5.74, 6) is 1.61. The fourth-order valence-electron chi connectivity index (χ4n) is 1.83. The highest BCUT2D eigenvalue weighted by Crippen LogP contribution is 2.10. The number of benzene rings is 1. The van der Waals surface area contributed by atoms with E-state index in [4.69, 9.17) is 10.5 Å². The molecular formula is C14H14N4O. The number of ether oxygens (including phenoxy) is 1. The molecule has 0 aliphatic rings. The number of fused-ring (bicyclic) bond motifs is 1. The van der Waals surface area contributed by atoms with Gasteiger partial charge < -0.3 is 10.5 Å². The molecule has 0 saturated carbocycles. The maximum Gasteiger partial charge on any atom is 0.157 e. The van der Waals surface area contributed by atoms with Crippen molar-refractivity contribution in [2.75, 3.05) is 12.3 Å². The Morgan fingerprint density at radius 3 is 2.84 bits per heavy atom. The number of anilines is 1. The monoisotopic (exact) mass is 254 g/mol. The molecule has 2 N–H and O–H groups in total. The van der Waals surface area contributed by atoms with Gasteiger partial charge in [-0.15, -0.1) is 0 Å². The first-order chi connectivity index (χ1) is 9.31. The van der Waals surface area contributed by atoms with Crippen molar-refractivity contribution in [2.24, 2.45) is 0 Å². The second-order valence-corrected chi connectivity index (χ2v) is 4.20. The van der Waals surface area contributed by atoms with E-state index in [2.05, 4.69) is 10.1 Å². The first-order valence-electron chi connectivity index (χ1n) is 6.10. The maximum atomic E-state index is 5.70. The van der Waals surface area contributed by atoms with Crippen molar-refractivity contribution in [2.45, 2.75) is 6.42 Å². The topological polar surface area (TPSA) is 65.4 Å². The first kappa shape index (κ1) is 11.5. The summed E-state index contributed by atoms with van der Waals surface area (Å²) in [6.45, 7) is 0.552. The quantitative estimate of drug-likeness (QED) is 0.772. The van der Waals surface area contributed by atoms with Crippen molar-refractivity contribution in [1.82, 2.24) is 14.6 Å². The van der Waals surface area contributed by atoms with E-state index in [-0.39, 0.29) is 0 Å². The van der Waals surface area contributed by atoms with Crippen LogP contribution in [0.3, 0.4) is 0 Å². The Kier molecular flexibility index (Phi) is 3.02. The zero-order chi connectivity index (χ0) is 13.1. The molecule has 5 nitrogen and oxygen atoms in total. The fraction of sp³-hybridized carbons (Fsp3) is 0.143. The molecule has 0 unspecified atom stereocenters. The van der Waals surface area contributed by atoms with E-state index in [9.17, 15) is 0 Å². The number of aromatic nitrogens is 3. The minimum atomic E-state index is 0.552. The van der Waals surface area contributed by atoms with Crippen LogP contribution in [0.15, 0.2) is 48.7 Å². The van der Waals surface area contributed by atoms with Gasteiger partial charge in [0.05, 0.1) is 6.61 Å². The maximum absolute atomic E-state index is 5.70. The first-order valence-corrected chi connectivity index (χ1v) is 6.10. The van der Waals surface area contributed by atoms with Gasteiger partial charge in [-0.25, -0.2) is 9.50 Å². The summed E-state index contributed by atoms with van der Waals surface area (Å²) in [4.78, 5) is 4.40. The second kappa shape index (κ2) is 4.97. The third kappa shape index (κ3) is 2.65. The van der Waals surface area contributed by atoms with Crippen LogP contribution >= 0.6 is 0 Å². The van der Waals surface area contributed by atoms with Crippen LogP contribution in [0, 0.1) is 0 Å². The Morgan fingerprint density at radius 1 is 1.16 bits per heavy atom. The molecule has 2 aromatic heterocycles. The van der Waals surface area contributed by atoms with Gasteiger partial charge in [-0.1, -0.05) is 18.2 Å². The highest BCUT2D eigenvalue weighted by atomic mass is 16.5. The second-order valence-electron chi connectivity index (χ2n) is 4.20. The standard InChI is InChI=1S/C14H14N4O/c15-11-6-8-18-14(10-11)16-13(17-18)7-9-19-12-4-2-1-3-5-12/h1-6,8,10H,7,9,15H2. The Hall–Kier alpha value is -2.56. The number of pyridine rings is 1. The number of nitrogen functional groups attached to an aromatic ring is 1. The van der Waals surface area contributed by atoms with Crippen LogP contribution in [0.25, 0.3) is 5.65 Å². The summed E-state index contributed by atoms with van der Waals surface area (Å²) in [7, 11) is 0. The Labute approximate surface area is 110 Å². The van der Waals surface area contributed by atoms with Gasteiger partial charge in [-0.3, -0.25) is 0 Å². The molecule has 0 saturated heterocycles. The Balaban J connectivity index is 1.65. The molecule has 19 heavy (non-hydrogen) atoms. The summed E-state index contributed by atoms with van der Waals surface area (Å²) in [5.41, 5.74) is 7.15. The molecule has 3 rings (SSSR count). The summed E-state index contributed by atoms with van der Waals surface area (Å²) >= 11 is 0. The zero-order valence-electron chi connectivity index (χ0n) is 10.4. The lowest BCUT2D eigenvalue weighted by atomic mass is 10.3. The lowest BCUT2D eigenvalue weighted by Gasteiger charge is -2.03. The van der Waals surface area contributed by atoms with Crippen LogP contribution in [0.5, 0.6) is 5.75 Å². The molecule has 1 aromatic carbocycles. The van der Waals surface area contributed by atoms with E-state index in [1.54, 1.807) is 22.8 Å². The highest BCUT2D eigenvalue weighted by molar-refractivity contribution is 5.50. The normalized spacial score (nSPS) is 10.7. The van der Waals surface area contributed by atoms with E-state index in [0.29, 0.717) is 18.7 Å². The minimum Gasteiger partial charge on any atom is -0.493 e. The minimum absolute atomic E-state index is 0.552. The van der Waals surface area contributed by atoms with Crippen LogP contribution in [0.1, 0.15) is 5.82 Å².